The average Bonchev–Trinajstić information content (AvgIpc) is 2.10. The van der Waals surface area contributed by atoms with Gasteiger partial charge in [-0.1, -0.05) is 0 Å². The molecular weight excluding hydrogens is 238 g/mol. The van der Waals surface area contributed by atoms with Gasteiger partial charge in [-0.25, -0.2) is 0 Å². The zero-order chi connectivity index (χ0) is 14.7. The van der Waals surface area contributed by atoms with Gasteiger partial charge in [-0.05, 0) is 13.8 Å². The van der Waals surface area contributed by atoms with Crippen molar-refractivity contribution in [1.29, 1.82) is 0 Å². The van der Waals surface area contributed by atoms with Crippen LogP contribution in [0, 0.1) is 5.92 Å². The highest BCUT2D eigenvalue weighted by atomic mass is 16.4. The number of rotatable bonds is 7. The van der Waals surface area contributed by atoms with Crippen LogP contribution in [0.25, 0.3) is 0 Å². The van der Waals surface area contributed by atoms with Gasteiger partial charge >= 0.3 is 5.97 Å². The van der Waals surface area contributed by atoms with E-state index in [9.17, 15) is 19.5 Å². The predicted octanol–water partition coefficient (Wildman–Crippen LogP) is -0.307. The smallest absolute Gasteiger partial charge is 0.306 e. The molecule has 6 heteroatoms. The van der Waals surface area contributed by atoms with Crippen molar-refractivity contribution in [2.45, 2.75) is 25.9 Å². The number of nitrogens with zero attached hydrogens (tertiary/aromatic N) is 1. The second kappa shape index (κ2) is 5.58. The van der Waals surface area contributed by atoms with E-state index in [1.807, 2.05) is 0 Å². The Labute approximate surface area is 107 Å². The topological polar surface area (TPSA) is 91.7 Å². The van der Waals surface area contributed by atoms with E-state index < -0.39 is 29.7 Å². The first kappa shape index (κ1) is 16.7. The van der Waals surface area contributed by atoms with Crippen LogP contribution >= 0.6 is 0 Å². The molecule has 0 saturated heterocycles. The van der Waals surface area contributed by atoms with Gasteiger partial charge in [0.15, 0.2) is 11.4 Å². The maximum atomic E-state index is 12.1. The Morgan fingerprint density at radius 1 is 1.22 bits per heavy atom. The minimum Gasteiger partial charge on any atom is -0.481 e. The molecule has 0 aromatic heterocycles. The molecular formula is C12H22NO5+. The van der Waals surface area contributed by atoms with Gasteiger partial charge in [0.1, 0.15) is 12.3 Å². The highest BCUT2D eigenvalue weighted by molar-refractivity contribution is 6.05. The molecule has 0 bridgehead atoms. The second-order valence-corrected chi connectivity index (χ2v) is 5.75. The van der Waals surface area contributed by atoms with Crippen molar-refractivity contribution in [3.63, 3.8) is 0 Å². The molecule has 0 aromatic carbocycles. The third-order valence-electron chi connectivity index (χ3n) is 2.64. The molecule has 18 heavy (non-hydrogen) atoms. The number of aliphatic hydroxyl groups is 1. The van der Waals surface area contributed by atoms with Gasteiger partial charge in [0.05, 0.1) is 33.5 Å². The Hall–Kier alpha value is -1.27. The first-order chi connectivity index (χ1) is 7.89. The number of likely N-dealkylation sites (N-methyl/N-ethyl adjacent to an activating group) is 1. The molecule has 0 aromatic rings. The van der Waals surface area contributed by atoms with Crippen LogP contribution in [0.1, 0.15) is 20.3 Å². The van der Waals surface area contributed by atoms with Crippen molar-refractivity contribution in [1.82, 2.24) is 0 Å². The third kappa shape index (κ3) is 4.93. The van der Waals surface area contributed by atoms with Crippen molar-refractivity contribution in [3.05, 3.63) is 0 Å². The maximum Gasteiger partial charge on any atom is 0.306 e. The van der Waals surface area contributed by atoms with E-state index >= 15 is 0 Å². The van der Waals surface area contributed by atoms with E-state index in [-0.39, 0.29) is 16.8 Å². The van der Waals surface area contributed by atoms with Gasteiger partial charge in [-0.2, -0.15) is 0 Å². The molecule has 104 valence electrons. The van der Waals surface area contributed by atoms with Gasteiger partial charge in [-0.15, -0.1) is 0 Å². The summed E-state index contributed by atoms with van der Waals surface area (Å²) in [5.41, 5.74) is -2.02. The van der Waals surface area contributed by atoms with Crippen molar-refractivity contribution in [3.8, 4) is 0 Å². The normalized spacial score (nSPS) is 16.8. The quantitative estimate of drug-likeness (QED) is 0.484. The molecule has 0 fully saturated rings. The summed E-state index contributed by atoms with van der Waals surface area (Å²) in [4.78, 5) is 34.1. The van der Waals surface area contributed by atoms with Crippen LogP contribution < -0.4 is 0 Å². The molecule has 0 saturated carbocycles. The van der Waals surface area contributed by atoms with Crippen LogP contribution in [-0.4, -0.2) is 65.5 Å². The maximum absolute atomic E-state index is 12.1. The van der Waals surface area contributed by atoms with Gasteiger partial charge < -0.3 is 14.7 Å². The van der Waals surface area contributed by atoms with Crippen LogP contribution in [0.3, 0.4) is 0 Å². The molecule has 6 nitrogen and oxygen atoms in total. The fourth-order valence-corrected chi connectivity index (χ4v) is 1.84. The fraction of sp³-hybridized carbons (Fsp3) is 0.750. The van der Waals surface area contributed by atoms with E-state index in [4.69, 9.17) is 5.11 Å². The fourth-order valence-electron chi connectivity index (χ4n) is 1.84. The number of carboxylic acid groups (broad SMARTS) is 1. The van der Waals surface area contributed by atoms with E-state index in [1.165, 1.54) is 13.8 Å². The number of ketones is 2. The first-order valence-electron chi connectivity index (χ1n) is 5.68. The third-order valence-corrected chi connectivity index (χ3v) is 2.64. The lowest BCUT2D eigenvalue weighted by Gasteiger charge is -2.34. The molecule has 0 aliphatic rings. The summed E-state index contributed by atoms with van der Waals surface area (Å²) in [6.07, 6.45) is -0.695. The average molecular weight is 260 g/mol. The Balaban J connectivity index is 5.27. The number of Topliss-reactive ketones (excluding diaryl/α,β-unsaturated/α-hetero) is 2. The van der Waals surface area contributed by atoms with Crippen molar-refractivity contribution < 1.29 is 29.1 Å². The van der Waals surface area contributed by atoms with E-state index in [2.05, 4.69) is 0 Å². The van der Waals surface area contributed by atoms with Crippen molar-refractivity contribution >= 4 is 17.5 Å². The summed E-state index contributed by atoms with van der Waals surface area (Å²) in [6.45, 7) is 2.57. The molecule has 2 N–H and O–H groups in total. The molecule has 0 rings (SSSR count). The number of carbonyl (C=O) groups is 3. The zero-order valence-electron chi connectivity index (χ0n) is 11.6. The molecule has 0 aliphatic carbocycles. The van der Waals surface area contributed by atoms with Crippen LogP contribution in [0.2, 0.25) is 0 Å². The largest absolute Gasteiger partial charge is 0.481 e. The summed E-state index contributed by atoms with van der Waals surface area (Å²) in [5, 5.41) is 19.1. The molecule has 2 atom stereocenters. The van der Waals surface area contributed by atoms with Crippen molar-refractivity contribution in [2.75, 3.05) is 27.7 Å². The second-order valence-electron chi connectivity index (χ2n) is 5.75. The van der Waals surface area contributed by atoms with Gasteiger partial charge in [0.25, 0.3) is 0 Å². The van der Waals surface area contributed by atoms with Crippen molar-refractivity contribution in [2.24, 2.45) is 5.92 Å². The van der Waals surface area contributed by atoms with Gasteiger partial charge in [0, 0.05) is 0 Å². The lowest BCUT2D eigenvalue weighted by atomic mass is 9.84. The van der Waals surface area contributed by atoms with Crippen LogP contribution in [0.4, 0.5) is 0 Å². The van der Waals surface area contributed by atoms with E-state index in [0.29, 0.717) is 0 Å². The summed E-state index contributed by atoms with van der Waals surface area (Å²) in [7, 11) is 5.20. The molecule has 0 aliphatic heterocycles. The van der Waals surface area contributed by atoms with E-state index in [1.54, 1.807) is 21.1 Å². The summed E-state index contributed by atoms with van der Waals surface area (Å²) in [6, 6.07) is 0. The molecule has 0 heterocycles. The number of carbonyl (C=O) groups excluding carboxylic acids is 2. The number of hydrogen-bond acceptors (Lipinski definition) is 4. The predicted molar refractivity (Wildman–Crippen MR) is 65.0 cm³/mol. The van der Waals surface area contributed by atoms with Crippen LogP contribution in [0.5, 0.6) is 0 Å². The number of carboxylic acids is 1. The summed E-state index contributed by atoms with van der Waals surface area (Å²) >= 11 is 0. The number of quaternary nitrogens is 1. The van der Waals surface area contributed by atoms with Crippen LogP contribution in [-0.2, 0) is 14.4 Å². The highest BCUT2D eigenvalue weighted by Crippen LogP contribution is 2.21. The lowest BCUT2D eigenvalue weighted by molar-refractivity contribution is -0.875. The Bertz CT molecular complexity index is 358. The SMILES string of the molecule is CC(=O)C(C)C(=O)C(O)(CC(=O)O)C[N+](C)(C)C. The minimum atomic E-state index is -2.02. The monoisotopic (exact) mass is 260 g/mol. The molecule has 0 radical (unpaired) electrons. The first-order valence-corrected chi connectivity index (χ1v) is 5.68. The Kier molecular flexibility index (Phi) is 5.19. The summed E-state index contributed by atoms with van der Waals surface area (Å²) in [5.74, 6) is -3.38. The zero-order valence-corrected chi connectivity index (χ0v) is 11.6. The Morgan fingerprint density at radius 3 is 1.94 bits per heavy atom. The number of hydrogen-bond donors (Lipinski definition) is 2. The molecule has 0 spiro atoms. The van der Waals surface area contributed by atoms with Crippen LogP contribution in [0.15, 0.2) is 0 Å². The highest BCUT2D eigenvalue weighted by Gasteiger charge is 2.45. The minimum absolute atomic E-state index is 0.0598. The summed E-state index contributed by atoms with van der Waals surface area (Å²) < 4.78 is 0.222. The lowest BCUT2D eigenvalue weighted by Crippen LogP contribution is -2.56. The molecule has 0 amide bonds. The standard InChI is InChI=1S/C12H21NO5/c1-8(9(2)14)11(17)12(18,6-10(15)16)7-13(3,4)5/h8,18H,6-7H2,1-5H3/p+1. The number of aliphatic carboxylic acids is 1. The van der Waals surface area contributed by atoms with E-state index in [0.717, 1.165) is 0 Å². The van der Waals surface area contributed by atoms with Gasteiger partial charge in [-0.3, -0.25) is 14.4 Å². The van der Waals surface area contributed by atoms with Gasteiger partial charge in [0.2, 0.25) is 0 Å². The Morgan fingerprint density at radius 2 is 1.67 bits per heavy atom. The molecule has 2 unspecified atom stereocenters.